The maximum atomic E-state index is 10.6. The standard InChI is InChI=1S/C10H10O3/c1-7(11)2-3-8-4-5-9(12)10(13)6-8/h2-6,12-13H,1H3/b3-2-. The van der Waals surface area contributed by atoms with Gasteiger partial charge >= 0.3 is 0 Å². The summed E-state index contributed by atoms with van der Waals surface area (Å²) in [5, 5.41) is 18.1. The lowest BCUT2D eigenvalue weighted by Crippen LogP contribution is -1.80. The molecular formula is C10H10O3. The van der Waals surface area contributed by atoms with Crippen LogP contribution in [0.3, 0.4) is 0 Å². The van der Waals surface area contributed by atoms with Gasteiger partial charge in [-0.3, -0.25) is 4.79 Å². The first-order chi connectivity index (χ1) is 6.09. The van der Waals surface area contributed by atoms with E-state index in [4.69, 9.17) is 10.2 Å². The van der Waals surface area contributed by atoms with Gasteiger partial charge in [0.05, 0.1) is 0 Å². The van der Waals surface area contributed by atoms with Gasteiger partial charge in [-0.2, -0.15) is 0 Å². The second kappa shape index (κ2) is 3.76. The minimum Gasteiger partial charge on any atom is -0.504 e. The summed E-state index contributed by atoms with van der Waals surface area (Å²) >= 11 is 0. The lowest BCUT2D eigenvalue weighted by Gasteiger charge is -1.97. The van der Waals surface area contributed by atoms with Crippen molar-refractivity contribution in [1.82, 2.24) is 0 Å². The number of carbonyl (C=O) groups excluding carboxylic acids is 1. The number of allylic oxidation sites excluding steroid dienone is 1. The zero-order valence-corrected chi connectivity index (χ0v) is 7.19. The van der Waals surface area contributed by atoms with E-state index in [1.165, 1.54) is 25.1 Å². The molecule has 1 aromatic rings. The predicted octanol–water partition coefficient (Wildman–Crippen LogP) is 1.70. The van der Waals surface area contributed by atoms with Crippen LogP contribution in [0.25, 0.3) is 6.08 Å². The predicted molar refractivity (Wildman–Crippen MR) is 49.5 cm³/mol. The van der Waals surface area contributed by atoms with Crippen LogP contribution in [0.2, 0.25) is 0 Å². The monoisotopic (exact) mass is 178 g/mol. The molecule has 0 bridgehead atoms. The second-order valence-electron chi connectivity index (χ2n) is 2.69. The van der Waals surface area contributed by atoms with Crippen LogP contribution in [-0.4, -0.2) is 16.0 Å². The molecule has 0 saturated heterocycles. The third-order valence-electron chi connectivity index (χ3n) is 1.51. The molecule has 0 saturated carbocycles. The van der Waals surface area contributed by atoms with Gasteiger partial charge in [0.1, 0.15) is 0 Å². The van der Waals surface area contributed by atoms with Crippen molar-refractivity contribution in [1.29, 1.82) is 0 Å². The van der Waals surface area contributed by atoms with Crippen molar-refractivity contribution in [2.75, 3.05) is 0 Å². The van der Waals surface area contributed by atoms with Gasteiger partial charge in [0.15, 0.2) is 17.3 Å². The molecule has 3 nitrogen and oxygen atoms in total. The molecule has 13 heavy (non-hydrogen) atoms. The number of carbonyl (C=O) groups is 1. The molecule has 2 N–H and O–H groups in total. The third-order valence-corrected chi connectivity index (χ3v) is 1.51. The number of hydrogen-bond acceptors (Lipinski definition) is 3. The number of phenolic OH excluding ortho intramolecular Hbond substituents is 2. The van der Waals surface area contributed by atoms with Crippen molar-refractivity contribution in [2.45, 2.75) is 6.92 Å². The number of benzene rings is 1. The van der Waals surface area contributed by atoms with Crippen molar-refractivity contribution < 1.29 is 15.0 Å². The minimum absolute atomic E-state index is 0.0624. The number of phenols is 2. The van der Waals surface area contributed by atoms with Crippen molar-refractivity contribution in [3.8, 4) is 11.5 Å². The molecule has 0 unspecified atom stereocenters. The lowest BCUT2D eigenvalue weighted by molar-refractivity contribution is -0.112. The molecule has 0 aromatic heterocycles. The molecule has 68 valence electrons. The van der Waals surface area contributed by atoms with Crippen LogP contribution in [0, 0.1) is 0 Å². The lowest BCUT2D eigenvalue weighted by atomic mass is 10.2. The molecule has 3 heteroatoms. The van der Waals surface area contributed by atoms with E-state index in [1.54, 1.807) is 12.1 Å². The molecule has 1 aromatic carbocycles. The van der Waals surface area contributed by atoms with Gasteiger partial charge in [-0.25, -0.2) is 0 Å². The molecule has 0 heterocycles. The summed E-state index contributed by atoms with van der Waals surface area (Å²) in [6.45, 7) is 1.44. The van der Waals surface area contributed by atoms with Crippen LogP contribution in [-0.2, 0) is 4.79 Å². The summed E-state index contributed by atoms with van der Waals surface area (Å²) in [4.78, 5) is 10.6. The number of aromatic hydroxyl groups is 2. The average molecular weight is 178 g/mol. The Bertz CT molecular complexity index is 353. The van der Waals surface area contributed by atoms with Gasteiger partial charge in [-0.05, 0) is 30.7 Å². The normalized spacial score (nSPS) is 10.5. The number of ketones is 1. The fourth-order valence-electron chi connectivity index (χ4n) is 0.858. The van der Waals surface area contributed by atoms with Gasteiger partial charge in [0.2, 0.25) is 0 Å². The van der Waals surface area contributed by atoms with E-state index >= 15 is 0 Å². The molecule has 0 fully saturated rings. The Morgan fingerprint density at radius 2 is 2.00 bits per heavy atom. The average Bonchev–Trinajstić information content (AvgIpc) is 2.07. The molecule has 0 radical (unpaired) electrons. The first-order valence-electron chi connectivity index (χ1n) is 3.80. The Morgan fingerprint density at radius 1 is 1.31 bits per heavy atom. The van der Waals surface area contributed by atoms with Crippen LogP contribution < -0.4 is 0 Å². The van der Waals surface area contributed by atoms with Gasteiger partial charge < -0.3 is 10.2 Å². The van der Waals surface area contributed by atoms with Gasteiger partial charge in [-0.15, -0.1) is 0 Å². The van der Waals surface area contributed by atoms with Crippen molar-refractivity contribution in [3.63, 3.8) is 0 Å². The summed E-state index contributed by atoms with van der Waals surface area (Å²) in [5.74, 6) is -0.418. The third kappa shape index (κ3) is 2.63. The molecule has 0 spiro atoms. The summed E-state index contributed by atoms with van der Waals surface area (Å²) in [5.41, 5.74) is 0.672. The second-order valence-corrected chi connectivity index (χ2v) is 2.69. The first-order valence-corrected chi connectivity index (χ1v) is 3.80. The number of hydrogen-bond donors (Lipinski definition) is 2. The van der Waals surface area contributed by atoms with Crippen LogP contribution in [0.4, 0.5) is 0 Å². The van der Waals surface area contributed by atoms with E-state index in [1.807, 2.05) is 0 Å². The van der Waals surface area contributed by atoms with Gasteiger partial charge in [0.25, 0.3) is 0 Å². The summed E-state index contributed by atoms with van der Waals surface area (Å²) in [7, 11) is 0. The molecule has 0 atom stereocenters. The maximum absolute atomic E-state index is 10.6. The van der Waals surface area contributed by atoms with Crippen LogP contribution in [0.15, 0.2) is 24.3 Å². The summed E-state index contributed by atoms with van der Waals surface area (Å²) in [6.07, 6.45) is 2.97. The van der Waals surface area contributed by atoms with E-state index in [0.717, 1.165) is 0 Å². The quantitative estimate of drug-likeness (QED) is 0.535. The highest BCUT2D eigenvalue weighted by Crippen LogP contribution is 2.25. The molecule has 1 rings (SSSR count). The number of rotatable bonds is 2. The van der Waals surface area contributed by atoms with E-state index in [9.17, 15) is 4.79 Å². The minimum atomic E-state index is -0.189. The highest BCUT2D eigenvalue weighted by Gasteiger charge is 1.97. The molecular weight excluding hydrogens is 168 g/mol. The van der Waals surface area contributed by atoms with Crippen molar-refractivity contribution in [3.05, 3.63) is 29.8 Å². The van der Waals surface area contributed by atoms with Crippen molar-refractivity contribution in [2.24, 2.45) is 0 Å². The van der Waals surface area contributed by atoms with E-state index < -0.39 is 0 Å². The van der Waals surface area contributed by atoms with Crippen LogP contribution >= 0.6 is 0 Å². The molecule has 0 aliphatic heterocycles. The van der Waals surface area contributed by atoms with Gasteiger partial charge in [0, 0.05) is 0 Å². The smallest absolute Gasteiger partial charge is 0.157 e. The molecule has 0 amide bonds. The Hall–Kier alpha value is -1.77. The Kier molecular flexibility index (Phi) is 2.69. The Morgan fingerprint density at radius 3 is 2.54 bits per heavy atom. The van der Waals surface area contributed by atoms with Crippen LogP contribution in [0.5, 0.6) is 11.5 Å². The van der Waals surface area contributed by atoms with Gasteiger partial charge in [-0.1, -0.05) is 12.1 Å². The van der Waals surface area contributed by atoms with Crippen molar-refractivity contribution >= 4 is 11.9 Å². The highest BCUT2D eigenvalue weighted by atomic mass is 16.3. The fourth-order valence-corrected chi connectivity index (χ4v) is 0.858. The topological polar surface area (TPSA) is 57.5 Å². The largest absolute Gasteiger partial charge is 0.504 e. The molecule has 0 aliphatic rings. The Labute approximate surface area is 76.0 Å². The fraction of sp³-hybridized carbons (Fsp3) is 0.100. The highest BCUT2D eigenvalue weighted by molar-refractivity contribution is 5.91. The van der Waals surface area contributed by atoms with E-state index in [-0.39, 0.29) is 17.3 Å². The SMILES string of the molecule is CC(=O)/C=C\c1ccc(O)c(O)c1. The maximum Gasteiger partial charge on any atom is 0.157 e. The molecule has 0 aliphatic carbocycles. The zero-order chi connectivity index (χ0) is 9.84. The summed E-state index contributed by atoms with van der Waals surface area (Å²) < 4.78 is 0. The Balaban J connectivity index is 2.92. The van der Waals surface area contributed by atoms with E-state index in [2.05, 4.69) is 0 Å². The zero-order valence-electron chi connectivity index (χ0n) is 7.19. The summed E-state index contributed by atoms with van der Waals surface area (Å²) in [6, 6.07) is 4.36. The van der Waals surface area contributed by atoms with E-state index in [0.29, 0.717) is 5.56 Å². The van der Waals surface area contributed by atoms with Crippen LogP contribution in [0.1, 0.15) is 12.5 Å². The first kappa shape index (κ1) is 9.32.